The van der Waals surface area contributed by atoms with Gasteiger partial charge in [0.1, 0.15) is 0 Å². The number of hydrogen-bond donors (Lipinski definition) is 1. The second-order valence-corrected chi connectivity index (χ2v) is 6.51. The molecule has 0 aliphatic heterocycles. The standard InChI is InChI=1S/C13H12Cl3NS/c1-8(12-5-6-13(16)18-12)17-7-9-10(14)3-2-4-11(9)15/h2-6,8,17H,7H2,1H3. The third kappa shape index (κ3) is 3.40. The smallest absolute Gasteiger partial charge is 0.0931 e. The second kappa shape index (κ2) is 6.27. The molecule has 0 fully saturated rings. The van der Waals surface area contributed by atoms with Gasteiger partial charge in [0.25, 0.3) is 0 Å². The van der Waals surface area contributed by atoms with E-state index in [4.69, 9.17) is 34.8 Å². The van der Waals surface area contributed by atoms with Gasteiger partial charge in [-0.1, -0.05) is 40.9 Å². The van der Waals surface area contributed by atoms with Gasteiger partial charge in [0.05, 0.1) is 4.34 Å². The molecule has 2 rings (SSSR count). The van der Waals surface area contributed by atoms with Crippen molar-refractivity contribution in [2.75, 3.05) is 0 Å². The minimum atomic E-state index is 0.217. The van der Waals surface area contributed by atoms with E-state index in [1.54, 1.807) is 11.3 Å². The molecule has 1 heterocycles. The van der Waals surface area contributed by atoms with E-state index in [9.17, 15) is 0 Å². The highest BCUT2D eigenvalue weighted by atomic mass is 35.5. The molecule has 2 aromatic rings. The summed E-state index contributed by atoms with van der Waals surface area (Å²) in [6, 6.07) is 9.68. The van der Waals surface area contributed by atoms with E-state index in [1.807, 2.05) is 30.3 Å². The Balaban J connectivity index is 2.03. The molecule has 1 aromatic heterocycles. The minimum Gasteiger partial charge on any atom is -0.305 e. The fourth-order valence-corrected chi connectivity index (χ4v) is 3.24. The fraction of sp³-hybridized carbons (Fsp3) is 0.231. The summed E-state index contributed by atoms with van der Waals surface area (Å²) in [5.74, 6) is 0. The molecular formula is C13H12Cl3NS. The van der Waals surface area contributed by atoms with Gasteiger partial charge in [-0.2, -0.15) is 0 Å². The predicted molar refractivity (Wildman–Crippen MR) is 81.0 cm³/mol. The molecule has 5 heteroatoms. The van der Waals surface area contributed by atoms with Crippen LogP contribution in [0.4, 0.5) is 0 Å². The van der Waals surface area contributed by atoms with Crippen LogP contribution in [0, 0.1) is 0 Å². The predicted octanol–water partition coefficient (Wildman–Crippen LogP) is 5.56. The topological polar surface area (TPSA) is 12.0 Å². The van der Waals surface area contributed by atoms with Crippen LogP contribution in [0.15, 0.2) is 30.3 Å². The van der Waals surface area contributed by atoms with Crippen molar-refractivity contribution in [3.8, 4) is 0 Å². The van der Waals surface area contributed by atoms with Gasteiger partial charge in [-0.15, -0.1) is 11.3 Å². The Morgan fingerprint density at radius 1 is 1.11 bits per heavy atom. The number of nitrogens with one attached hydrogen (secondary N) is 1. The van der Waals surface area contributed by atoms with Gasteiger partial charge in [-0.25, -0.2) is 0 Å². The Morgan fingerprint density at radius 2 is 1.78 bits per heavy atom. The molecule has 1 aromatic carbocycles. The summed E-state index contributed by atoms with van der Waals surface area (Å²) in [5.41, 5.74) is 0.926. The lowest BCUT2D eigenvalue weighted by Crippen LogP contribution is -2.17. The number of hydrogen-bond acceptors (Lipinski definition) is 2. The molecule has 0 radical (unpaired) electrons. The molecule has 96 valence electrons. The molecule has 0 spiro atoms. The van der Waals surface area contributed by atoms with Crippen molar-refractivity contribution < 1.29 is 0 Å². The van der Waals surface area contributed by atoms with Crippen LogP contribution in [0.25, 0.3) is 0 Å². The maximum atomic E-state index is 6.12. The SMILES string of the molecule is CC(NCc1c(Cl)cccc1Cl)c1ccc(Cl)s1. The Bertz CT molecular complexity index is 519. The van der Waals surface area contributed by atoms with Gasteiger partial charge < -0.3 is 5.32 Å². The van der Waals surface area contributed by atoms with Crippen molar-refractivity contribution in [1.29, 1.82) is 0 Å². The van der Waals surface area contributed by atoms with Crippen LogP contribution in [0.1, 0.15) is 23.4 Å². The lowest BCUT2D eigenvalue weighted by molar-refractivity contribution is 0.583. The van der Waals surface area contributed by atoms with Crippen LogP contribution >= 0.6 is 46.1 Å². The number of halogens is 3. The van der Waals surface area contributed by atoms with E-state index in [2.05, 4.69) is 12.2 Å². The second-order valence-electron chi connectivity index (χ2n) is 3.94. The Hall–Kier alpha value is -0.250. The maximum absolute atomic E-state index is 6.12. The van der Waals surface area contributed by atoms with Gasteiger partial charge in [-0.05, 0) is 31.2 Å². The van der Waals surface area contributed by atoms with Gasteiger partial charge in [-0.3, -0.25) is 0 Å². The molecule has 1 N–H and O–H groups in total. The van der Waals surface area contributed by atoms with Gasteiger partial charge in [0.15, 0.2) is 0 Å². The van der Waals surface area contributed by atoms with Crippen molar-refractivity contribution in [2.24, 2.45) is 0 Å². The zero-order valence-corrected chi connectivity index (χ0v) is 12.8. The minimum absolute atomic E-state index is 0.217. The molecule has 0 amide bonds. The fourth-order valence-electron chi connectivity index (χ4n) is 1.62. The lowest BCUT2D eigenvalue weighted by atomic mass is 10.2. The summed E-state index contributed by atoms with van der Waals surface area (Å²) < 4.78 is 0.800. The Labute approximate surface area is 126 Å². The van der Waals surface area contributed by atoms with Gasteiger partial charge in [0, 0.05) is 33.1 Å². The highest BCUT2D eigenvalue weighted by Gasteiger charge is 2.10. The molecule has 1 atom stereocenters. The number of thiophene rings is 1. The van der Waals surface area contributed by atoms with E-state index >= 15 is 0 Å². The average molecular weight is 321 g/mol. The molecule has 0 bridgehead atoms. The summed E-state index contributed by atoms with van der Waals surface area (Å²) in [7, 11) is 0. The first-order valence-electron chi connectivity index (χ1n) is 5.49. The van der Waals surface area contributed by atoms with Crippen molar-refractivity contribution in [1.82, 2.24) is 5.32 Å². The Morgan fingerprint density at radius 3 is 2.33 bits per heavy atom. The van der Waals surface area contributed by atoms with Crippen LogP contribution in [0.5, 0.6) is 0 Å². The zero-order valence-electron chi connectivity index (χ0n) is 9.71. The first-order valence-corrected chi connectivity index (χ1v) is 7.44. The molecular weight excluding hydrogens is 309 g/mol. The highest BCUT2D eigenvalue weighted by Crippen LogP contribution is 2.28. The van der Waals surface area contributed by atoms with Crippen LogP contribution in [0.2, 0.25) is 14.4 Å². The third-order valence-electron chi connectivity index (χ3n) is 2.67. The summed E-state index contributed by atoms with van der Waals surface area (Å²) in [5, 5.41) is 4.77. The van der Waals surface area contributed by atoms with Gasteiger partial charge >= 0.3 is 0 Å². The molecule has 0 saturated heterocycles. The third-order valence-corrected chi connectivity index (χ3v) is 4.79. The van der Waals surface area contributed by atoms with Crippen LogP contribution in [0.3, 0.4) is 0 Å². The quantitative estimate of drug-likeness (QED) is 0.777. The molecule has 1 unspecified atom stereocenters. The molecule has 18 heavy (non-hydrogen) atoms. The van der Waals surface area contributed by atoms with Crippen LogP contribution in [-0.4, -0.2) is 0 Å². The lowest BCUT2D eigenvalue weighted by Gasteiger charge is -2.13. The molecule has 0 aliphatic rings. The molecule has 0 saturated carbocycles. The van der Waals surface area contributed by atoms with E-state index in [0.29, 0.717) is 16.6 Å². The van der Waals surface area contributed by atoms with Crippen molar-refractivity contribution in [2.45, 2.75) is 19.5 Å². The highest BCUT2D eigenvalue weighted by molar-refractivity contribution is 7.16. The summed E-state index contributed by atoms with van der Waals surface area (Å²) in [6.07, 6.45) is 0. The normalized spacial score (nSPS) is 12.7. The first kappa shape index (κ1) is 14.2. The number of benzene rings is 1. The average Bonchev–Trinajstić information content (AvgIpc) is 2.75. The van der Waals surface area contributed by atoms with Crippen LogP contribution in [-0.2, 0) is 6.54 Å². The molecule has 1 nitrogen and oxygen atoms in total. The van der Waals surface area contributed by atoms with Crippen LogP contribution < -0.4 is 5.32 Å². The molecule has 0 aliphatic carbocycles. The summed E-state index contributed by atoms with van der Waals surface area (Å²) in [6.45, 7) is 2.72. The maximum Gasteiger partial charge on any atom is 0.0931 e. The van der Waals surface area contributed by atoms with E-state index in [0.717, 1.165) is 9.90 Å². The van der Waals surface area contributed by atoms with Crippen molar-refractivity contribution >= 4 is 46.1 Å². The summed E-state index contributed by atoms with van der Waals surface area (Å²) in [4.78, 5) is 1.20. The number of rotatable bonds is 4. The van der Waals surface area contributed by atoms with E-state index < -0.39 is 0 Å². The largest absolute Gasteiger partial charge is 0.305 e. The van der Waals surface area contributed by atoms with Crippen molar-refractivity contribution in [3.63, 3.8) is 0 Å². The van der Waals surface area contributed by atoms with E-state index in [1.165, 1.54) is 4.88 Å². The first-order chi connectivity index (χ1) is 8.58. The monoisotopic (exact) mass is 319 g/mol. The Kier molecular flexibility index (Phi) is 4.93. The van der Waals surface area contributed by atoms with E-state index in [-0.39, 0.29) is 6.04 Å². The summed E-state index contributed by atoms with van der Waals surface area (Å²) >= 11 is 19.7. The van der Waals surface area contributed by atoms with Gasteiger partial charge in [0.2, 0.25) is 0 Å². The van der Waals surface area contributed by atoms with Crippen molar-refractivity contribution in [3.05, 3.63) is 55.2 Å². The zero-order chi connectivity index (χ0) is 13.1.